The molecule has 4 aromatic rings. The lowest BCUT2D eigenvalue weighted by Crippen LogP contribution is -2.54. The number of alkyl halides is 1. The largest absolute Gasteiger partial charge is 0.382 e. The minimum Gasteiger partial charge on any atom is -0.382 e. The van der Waals surface area contributed by atoms with Gasteiger partial charge in [0.05, 0.1) is 83.3 Å². The zero-order valence-electron chi connectivity index (χ0n) is 32.1. The minimum atomic E-state index is -1.51. The fourth-order valence-corrected chi connectivity index (χ4v) is 7.29. The van der Waals surface area contributed by atoms with E-state index in [1.807, 2.05) is 18.2 Å². The Morgan fingerprint density at radius 3 is 2.57 bits per heavy atom. The van der Waals surface area contributed by atoms with Crippen LogP contribution < -0.4 is 26.6 Å². The molecule has 1 saturated carbocycles. The third kappa shape index (κ3) is 9.58. The second-order valence-corrected chi connectivity index (χ2v) is 15.5. The van der Waals surface area contributed by atoms with Crippen LogP contribution in [0.25, 0.3) is 10.2 Å². The number of thiazole rings is 1. The Morgan fingerprint density at radius 1 is 0.983 bits per heavy atom. The lowest BCUT2D eigenvalue weighted by molar-refractivity contribution is -0.136. The van der Waals surface area contributed by atoms with Crippen LogP contribution >= 0.6 is 11.3 Å². The highest BCUT2D eigenvalue weighted by atomic mass is 32.1. The van der Waals surface area contributed by atoms with Gasteiger partial charge in [0.25, 0.3) is 17.7 Å². The van der Waals surface area contributed by atoms with Gasteiger partial charge in [-0.15, -0.1) is 11.3 Å². The molecule has 5 amide bonds. The summed E-state index contributed by atoms with van der Waals surface area (Å²) in [7, 11) is 0. The predicted octanol–water partition coefficient (Wildman–Crippen LogP) is 4.42. The summed E-state index contributed by atoms with van der Waals surface area (Å²) in [5.41, 5.74) is 4.10. The Kier molecular flexibility index (Phi) is 12.6. The van der Waals surface area contributed by atoms with Gasteiger partial charge in [0.2, 0.25) is 11.8 Å². The Hall–Kier alpha value is -5.56. The number of carbonyl (C=O) groups excluding carboxylic acids is 5. The topological polar surface area (TPSA) is 202 Å². The molecule has 306 valence electrons. The average molecular weight is 817 g/mol. The van der Waals surface area contributed by atoms with E-state index in [0.717, 1.165) is 33.6 Å². The molecule has 1 saturated heterocycles. The van der Waals surface area contributed by atoms with Crippen molar-refractivity contribution in [1.82, 2.24) is 25.5 Å². The monoisotopic (exact) mass is 816 g/mol. The molecule has 1 aliphatic carbocycles. The van der Waals surface area contributed by atoms with Gasteiger partial charge in [-0.05, 0) is 63.4 Å². The number of piperidine rings is 1. The van der Waals surface area contributed by atoms with E-state index in [1.54, 1.807) is 48.9 Å². The van der Waals surface area contributed by atoms with Crippen molar-refractivity contribution >= 4 is 74.0 Å². The number of carbonyl (C=O) groups is 5. The standard InChI is InChI=1S/C40H45FN8O8S/c1-40(2,32(41)21-44-36(51)26-20-43-33(19-29(26)46-23-6-7-23)47-24-8-9-27-31(18-24)58-22-45-27)57-17-16-56-15-14-55-13-12-42-28-5-3-4-25-35(28)39(54)49(38(25)53)30-10-11-34(50)48-37(30)52/h3-5,8-9,18-20,22-23,30,32,42H,6-7,10-17,21H2,1-2H3,(H,44,51)(H2,43,46,47)(H,48,50,52). The molecule has 58 heavy (non-hydrogen) atoms. The normalized spacial score (nSPS) is 17.3. The van der Waals surface area contributed by atoms with Crippen LogP contribution in [0.15, 0.2) is 54.2 Å². The molecule has 7 rings (SSSR count). The number of hydrogen-bond acceptors (Lipinski definition) is 14. The van der Waals surface area contributed by atoms with Crippen LogP contribution in [-0.2, 0) is 23.8 Å². The van der Waals surface area contributed by atoms with Gasteiger partial charge in [0.15, 0.2) is 0 Å². The van der Waals surface area contributed by atoms with E-state index in [1.165, 1.54) is 12.3 Å². The molecule has 2 aromatic heterocycles. The van der Waals surface area contributed by atoms with Crippen LogP contribution in [0.2, 0.25) is 0 Å². The molecule has 2 atom stereocenters. The van der Waals surface area contributed by atoms with Crippen molar-refractivity contribution in [2.24, 2.45) is 0 Å². The lowest BCUT2D eigenvalue weighted by atomic mass is 10.0. The number of nitrogens with one attached hydrogen (secondary N) is 5. The molecule has 2 aliphatic heterocycles. The number of fused-ring (bicyclic) bond motifs is 2. The number of pyridine rings is 1. The number of amides is 5. The molecule has 5 N–H and O–H groups in total. The summed E-state index contributed by atoms with van der Waals surface area (Å²) >= 11 is 1.55. The van der Waals surface area contributed by atoms with E-state index in [-0.39, 0.29) is 69.6 Å². The number of aromatic nitrogens is 2. The van der Waals surface area contributed by atoms with E-state index in [0.29, 0.717) is 29.3 Å². The molecule has 18 heteroatoms. The van der Waals surface area contributed by atoms with Gasteiger partial charge in [0, 0.05) is 42.6 Å². The summed E-state index contributed by atoms with van der Waals surface area (Å²) in [5, 5.41) is 14.7. The summed E-state index contributed by atoms with van der Waals surface area (Å²) in [4.78, 5) is 73.1. The van der Waals surface area contributed by atoms with Crippen LogP contribution in [-0.4, -0.2) is 114 Å². The molecule has 16 nitrogen and oxygen atoms in total. The van der Waals surface area contributed by atoms with Crippen molar-refractivity contribution in [3.63, 3.8) is 0 Å². The Labute approximate surface area is 337 Å². The molecular weight excluding hydrogens is 772 g/mol. The number of nitrogens with zero attached hydrogens (tertiary/aromatic N) is 3. The van der Waals surface area contributed by atoms with Crippen molar-refractivity contribution in [2.45, 2.75) is 63.4 Å². The zero-order chi connectivity index (χ0) is 40.8. The van der Waals surface area contributed by atoms with Gasteiger partial charge in [-0.25, -0.2) is 14.4 Å². The summed E-state index contributed by atoms with van der Waals surface area (Å²) in [6.07, 6.45) is 2.10. The van der Waals surface area contributed by atoms with Gasteiger partial charge in [-0.3, -0.25) is 34.2 Å². The molecule has 0 radical (unpaired) electrons. The van der Waals surface area contributed by atoms with Crippen molar-refractivity contribution in [2.75, 3.05) is 62.1 Å². The van der Waals surface area contributed by atoms with Gasteiger partial charge in [-0.1, -0.05) is 6.07 Å². The number of hydrogen-bond donors (Lipinski definition) is 5. The summed E-state index contributed by atoms with van der Waals surface area (Å²) in [6, 6.07) is 11.7. The molecular formula is C40H45FN8O8S. The average Bonchev–Trinajstić information content (AvgIpc) is 3.83. The molecule has 3 aliphatic rings. The molecule has 0 spiro atoms. The molecule has 2 fully saturated rings. The number of benzene rings is 2. The number of rotatable bonds is 20. The van der Waals surface area contributed by atoms with Gasteiger partial charge >= 0.3 is 0 Å². The first kappa shape index (κ1) is 40.6. The van der Waals surface area contributed by atoms with Gasteiger partial charge < -0.3 is 35.5 Å². The van der Waals surface area contributed by atoms with E-state index in [9.17, 15) is 24.0 Å². The smallest absolute Gasteiger partial charge is 0.264 e. The first-order chi connectivity index (χ1) is 28.0. The quantitative estimate of drug-likeness (QED) is 0.0621. The predicted molar refractivity (Wildman–Crippen MR) is 214 cm³/mol. The minimum absolute atomic E-state index is 0.0433. The van der Waals surface area contributed by atoms with E-state index < -0.39 is 47.4 Å². The van der Waals surface area contributed by atoms with Gasteiger partial charge in [0.1, 0.15) is 18.0 Å². The maximum Gasteiger partial charge on any atom is 0.264 e. The number of ether oxygens (including phenoxy) is 3. The third-order valence-corrected chi connectivity index (χ3v) is 10.8. The highest BCUT2D eigenvalue weighted by Gasteiger charge is 2.45. The van der Waals surface area contributed by atoms with Crippen LogP contribution in [0.4, 0.5) is 27.3 Å². The maximum absolute atomic E-state index is 15.4. The Balaban J connectivity index is 0.788. The molecule has 4 heterocycles. The highest BCUT2D eigenvalue weighted by molar-refractivity contribution is 7.16. The zero-order valence-corrected chi connectivity index (χ0v) is 32.9. The first-order valence-electron chi connectivity index (χ1n) is 19.2. The van der Waals surface area contributed by atoms with Crippen molar-refractivity contribution in [1.29, 1.82) is 0 Å². The molecule has 0 bridgehead atoms. The fraction of sp³-hybridized carbons (Fsp3) is 0.425. The number of anilines is 4. The van der Waals surface area contributed by atoms with Crippen molar-refractivity contribution in [3.05, 3.63) is 70.9 Å². The third-order valence-electron chi connectivity index (χ3n) is 9.99. The molecule has 2 aromatic carbocycles. The summed E-state index contributed by atoms with van der Waals surface area (Å²) in [5.74, 6) is -2.14. The second kappa shape index (κ2) is 17.9. The Morgan fingerprint density at radius 2 is 1.78 bits per heavy atom. The van der Waals surface area contributed by atoms with Gasteiger partial charge in [-0.2, -0.15) is 0 Å². The number of imide groups is 2. The summed E-state index contributed by atoms with van der Waals surface area (Å²) < 4.78 is 33.4. The second-order valence-electron chi connectivity index (χ2n) is 14.6. The SMILES string of the molecule is CC(C)(OCCOCCOCCNc1cccc2c1C(=O)N(C1CCC(=O)NC1=O)C2=O)C(F)CNC(=O)c1cnc(Nc2ccc3ncsc3c2)cc1NC1CC1. The lowest BCUT2D eigenvalue weighted by Gasteiger charge is -2.29. The van der Waals surface area contributed by atoms with Crippen molar-refractivity contribution in [3.8, 4) is 0 Å². The van der Waals surface area contributed by atoms with Crippen LogP contribution in [0.5, 0.6) is 0 Å². The van der Waals surface area contributed by atoms with Crippen LogP contribution in [0.1, 0.15) is 70.6 Å². The van der Waals surface area contributed by atoms with E-state index in [2.05, 4.69) is 36.6 Å². The first-order valence-corrected chi connectivity index (χ1v) is 20.0. The maximum atomic E-state index is 15.4. The summed E-state index contributed by atoms with van der Waals surface area (Å²) in [6.45, 7) is 4.40. The van der Waals surface area contributed by atoms with E-state index >= 15 is 4.39 Å². The van der Waals surface area contributed by atoms with E-state index in [4.69, 9.17) is 14.2 Å². The number of halogens is 1. The highest BCUT2D eigenvalue weighted by Crippen LogP contribution is 2.33. The molecule has 2 unspecified atom stereocenters. The van der Waals surface area contributed by atoms with Crippen LogP contribution in [0, 0.1) is 0 Å². The van der Waals surface area contributed by atoms with Crippen LogP contribution in [0.3, 0.4) is 0 Å². The van der Waals surface area contributed by atoms with Crippen molar-refractivity contribution < 1.29 is 42.6 Å². The Bertz CT molecular complexity index is 2200. The fourth-order valence-electron chi connectivity index (χ4n) is 6.57.